The molecule has 1 aromatic heterocycles. The first-order valence-electron chi connectivity index (χ1n) is 7.84. The molecule has 21 heavy (non-hydrogen) atoms. The molecule has 0 saturated carbocycles. The lowest BCUT2D eigenvalue weighted by atomic mass is 10.0. The van der Waals surface area contributed by atoms with Crippen molar-refractivity contribution in [3.8, 4) is 11.4 Å². The number of aryl methyl sites for hydroxylation is 3. The highest BCUT2D eigenvalue weighted by atomic mass is 15.0. The number of hydrogen-bond acceptors (Lipinski definition) is 3. The minimum absolute atomic E-state index is 0.843. The molecule has 1 aromatic carbocycles. The average molecular weight is 283 g/mol. The van der Waals surface area contributed by atoms with Crippen molar-refractivity contribution in [2.75, 3.05) is 11.9 Å². The van der Waals surface area contributed by atoms with Gasteiger partial charge in [-0.25, -0.2) is 9.97 Å². The van der Waals surface area contributed by atoms with Crippen LogP contribution >= 0.6 is 0 Å². The molecule has 2 aromatic rings. The highest BCUT2D eigenvalue weighted by molar-refractivity contribution is 5.65. The van der Waals surface area contributed by atoms with Gasteiger partial charge in [-0.3, -0.25) is 0 Å². The molecular weight excluding hydrogens is 258 g/mol. The Kier molecular flexibility index (Phi) is 5.32. The zero-order valence-electron chi connectivity index (χ0n) is 13.5. The largest absolute Gasteiger partial charge is 0.370 e. The van der Waals surface area contributed by atoms with Crippen LogP contribution in [-0.2, 0) is 6.42 Å². The maximum Gasteiger partial charge on any atom is 0.162 e. The maximum absolute atomic E-state index is 4.77. The highest BCUT2D eigenvalue weighted by Gasteiger charge is 2.11. The van der Waals surface area contributed by atoms with E-state index in [2.05, 4.69) is 57.3 Å². The third-order valence-corrected chi connectivity index (χ3v) is 3.55. The lowest BCUT2D eigenvalue weighted by Crippen LogP contribution is -2.06. The second-order valence-electron chi connectivity index (χ2n) is 5.51. The molecule has 112 valence electrons. The topological polar surface area (TPSA) is 37.8 Å². The fraction of sp³-hybridized carbons (Fsp3) is 0.444. The van der Waals surface area contributed by atoms with Crippen molar-refractivity contribution in [3.05, 3.63) is 41.1 Å². The molecule has 0 aliphatic rings. The third-order valence-electron chi connectivity index (χ3n) is 3.55. The van der Waals surface area contributed by atoms with Crippen molar-refractivity contribution in [1.82, 2.24) is 9.97 Å². The summed E-state index contributed by atoms with van der Waals surface area (Å²) in [6.45, 7) is 9.52. The SMILES string of the molecule is CCCNc1cc(CCC)nc(-c2c(C)cccc2C)n1. The molecule has 0 atom stereocenters. The van der Waals surface area contributed by atoms with E-state index >= 15 is 0 Å². The summed E-state index contributed by atoms with van der Waals surface area (Å²) in [6, 6.07) is 8.41. The summed E-state index contributed by atoms with van der Waals surface area (Å²) in [4.78, 5) is 9.49. The van der Waals surface area contributed by atoms with Gasteiger partial charge in [0, 0.05) is 23.9 Å². The summed E-state index contributed by atoms with van der Waals surface area (Å²) >= 11 is 0. The van der Waals surface area contributed by atoms with Crippen molar-refractivity contribution in [3.63, 3.8) is 0 Å². The van der Waals surface area contributed by atoms with Gasteiger partial charge in [0.1, 0.15) is 5.82 Å². The Balaban J connectivity index is 2.48. The normalized spacial score (nSPS) is 10.7. The van der Waals surface area contributed by atoms with E-state index in [1.807, 2.05) is 0 Å². The first kappa shape index (κ1) is 15.5. The van der Waals surface area contributed by atoms with Gasteiger partial charge in [0.05, 0.1) is 0 Å². The van der Waals surface area contributed by atoms with E-state index in [1.165, 1.54) is 11.1 Å². The lowest BCUT2D eigenvalue weighted by molar-refractivity contribution is 0.872. The van der Waals surface area contributed by atoms with Gasteiger partial charge in [-0.05, 0) is 37.8 Å². The maximum atomic E-state index is 4.77. The number of rotatable bonds is 6. The first-order chi connectivity index (χ1) is 10.2. The first-order valence-corrected chi connectivity index (χ1v) is 7.84. The van der Waals surface area contributed by atoms with Crippen molar-refractivity contribution in [2.45, 2.75) is 47.0 Å². The zero-order chi connectivity index (χ0) is 15.2. The molecule has 0 spiro atoms. The van der Waals surface area contributed by atoms with Crippen LogP contribution in [-0.4, -0.2) is 16.5 Å². The number of nitrogens with zero attached hydrogens (tertiary/aromatic N) is 2. The number of anilines is 1. The summed E-state index contributed by atoms with van der Waals surface area (Å²) in [5, 5.41) is 3.39. The van der Waals surface area contributed by atoms with Gasteiger partial charge in [-0.1, -0.05) is 38.5 Å². The fourth-order valence-electron chi connectivity index (χ4n) is 2.50. The van der Waals surface area contributed by atoms with E-state index in [9.17, 15) is 0 Å². The summed E-state index contributed by atoms with van der Waals surface area (Å²) < 4.78 is 0. The van der Waals surface area contributed by atoms with Crippen LogP contribution in [0.5, 0.6) is 0 Å². The second kappa shape index (κ2) is 7.21. The highest BCUT2D eigenvalue weighted by Crippen LogP contribution is 2.25. The van der Waals surface area contributed by atoms with Crippen molar-refractivity contribution in [2.24, 2.45) is 0 Å². The van der Waals surface area contributed by atoms with Crippen molar-refractivity contribution < 1.29 is 0 Å². The van der Waals surface area contributed by atoms with Crippen LogP contribution in [0.3, 0.4) is 0 Å². The van der Waals surface area contributed by atoms with Crippen LogP contribution in [0.2, 0.25) is 0 Å². The van der Waals surface area contributed by atoms with Crippen LogP contribution in [0, 0.1) is 13.8 Å². The van der Waals surface area contributed by atoms with Gasteiger partial charge >= 0.3 is 0 Å². The van der Waals surface area contributed by atoms with E-state index in [0.29, 0.717) is 0 Å². The quantitative estimate of drug-likeness (QED) is 0.846. The average Bonchev–Trinajstić information content (AvgIpc) is 2.45. The Morgan fingerprint density at radius 1 is 1.00 bits per heavy atom. The van der Waals surface area contributed by atoms with Crippen LogP contribution in [0.4, 0.5) is 5.82 Å². The number of hydrogen-bond donors (Lipinski definition) is 1. The van der Waals surface area contributed by atoms with Crippen molar-refractivity contribution in [1.29, 1.82) is 0 Å². The molecule has 1 heterocycles. The van der Waals surface area contributed by atoms with Gasteiger partial charge < -0.3 is 5.32 Å². The molecule has 2 rings (SSSR count). The fourth-order valence-corrected chi connectivity index (χ4v) is 2.50. The van der Waals surface area contributed by atoms with Crippen LogP contribution in [0.1, 0.15) is 43.5 Å². The lowest BCUT2D eigenvalue weighted by Gasteiger charge is -2.12. The minimum atomic E-state index is 0.843. The van der Waals surface area contributed by atoms with Crippen LogP contribution in [0.25, 0.3) is 11.4 Å². The summed E-state index contributed by atoms with van der Waals surface area (Å²) in [7, 11) is 0. The predicted octanol–water partition coefficient (Wildman–Crippen LogP) is 4.53. The monoisotopic (exact) mass is 283 g/mol. The van der Waals surface area contributed by atoms with E-state index in [1.54, 1.807) is 0 Å². The molecule has 1 N–H and O–H groups in total. The van der Waals surface area contributed by atoms with Gasteiger partial charge in [0.15, 0.2) is 5.82 Å². The Bertz CT molecular complexity index is 585. The van der Waals surface area contributed by atoms with E-state index in [4.69, 9.17) is 9.97 Å². The smallest absolute Gasteiger partial charge is 0.162 e. The zero-order valence-corrected chi connectivity index (χ0v) is 13.5. The van der Waals surface area contributed by atoms with Gasteiger partial charge in [-0.2, -0.15) is 0 Å². The molecule has 3 nitrogen and oxygen atoms in total. The summed E-state index contributed by atoms with van der Waals surface area (Å²) in [5.41, 5.74) is 4.73. The Morgan fingerprint density at radius 2 is 1.71 bits per heavy atom. The van der Waals surface area contributed by atoms with Gasteiger partial charge in [0.2, 0.25) is 0 Å². The molecule has 0 aliphatic heterocycles. The Labute approximate surface area is 127 Å². The van der Waals surface area contributed by atoms with Gasteiger partial charge in [0.25, 0.3) is 0 Å². The molecule has 0 unspecified atom stereocenters. The molecule has 3 heteroatoms. The molecule has 0 bridgehead atoms. The molecule has 0 aliphatic carbocycles. The molecule has 0 amide bonds. The van der Waals surface area contributed by atoms with Crippen LogP contribution in [0.15, 0.2) is 24.3 Å². The number of benzene rings is 1. The molecule has 0 fully saturated rings. The standard InChI is InChI=1S/C18H25N3/c1-5-8-15-12-16(19-11-6-2)21-18(20-15)17-13(3)9-7-10-14(17)4/h7,9-10,12H,5-6,8,11H2,1-4H3,(H,19,20,21). The Morgan fingerprint density at radius 3 is 2.33 bits per heavy atom. The minimum Gasteiger partial charge on any atom is -0.370 e. The van der Waals surface area contributed by atoms with E-state index in [-0.39, 0.29) is 0 Å². The van der Waals surface area contributed by atoms with E-state index in [0.717, 1.165) is 48.7 Å². The molecule has 0 radical (unpaired) electrons. The third kappa shape index (κ3) is 3.81. The van der Waals surface area contributed by atoms with Gasteiger partial charge in [-0.15, -0.1) is 0 Å². The van der Waals surface area contributed by atoms with Crippen molar-refractivity contribution >= 4 is 5.82 Å². The molecule has 0 saturated heterocycles. The number of aromatic nitrogens is 2. The molecular formula is C18H25N3. The van der Waals surface area contributed by atoms with Crippen LogP contribution < -0.4 is 5.32 Å². The Hall–Kier alpha value is -1.90. The summed E-state index contributed by atoms with van der Waals surface area (Å²) in [6.07, 6.45) is 3.17. The second-order valence-corrected chi connectivity index (χ2v) is 5.51. The van der Waals surface area contributed by atoms with E-state index < -0.39 is 0 Å². The number of nitrogens with one attached hydrogen (secondary N) is 1. The summed E-state index contributed by atoms with van der Waals surface area (Å²) in [5.74, 6) is 1.78. The predicted molar refractivity (Wildman–Crippen MR) is 89.7 cm³/mol.